The third-order valence-electron chi connectivity index (χ3n) is 13.4. The second-order valence-electron chi connectivity index (χ2n) is 19.6. The smallest absolute Gasteiger partial charge is 0.376 e. The summed E-state index contributed by atoms with van der Waals surface area (Å²) in [4.78, 5) is 69.0. The molecule has 1 aromatic rings. The summed E-state index contributed by atoms with van der Waals surface area (Å²) in [7, 11) is 7.45. The number of aliphatic carboxylic acids is 1. The van der Waals surface area contributed by atoms with E-state index < -0.39 is 57.7 Å². The summed E-state index contributed by atoms with van der Waals surface area (Å²) >= 11 is 0. The second kappa shape index (κ2) is 43.1. The zero-order valence-corrected chi connectivity index (χ0v) is 50.5. The lowest BCUT2D eigenvalue weighted by molar-refractivity contribution is -0.387. The van der Waals surface area contributed by atoms with E-state index >= 15 is 0 Å². The standard InChI is InChI=1S/C15H31BN6O4.C14H28N6O3.C11H11N5O6S.C6H17BN2O3/c1-16(24)22(4)6-8-26-10-9-25-7-5-20(2)15(23)14-11-13(18-19-17)12-21(14)3;1-16-4-6-22-8-9-23-7-5-19(2)14(21)13-10-12(17-18-15)11-20(13)3;12-14-13-7-5-9(11(17)18)15(6-7)23(21,22)10-4-2-1-3-8(10)16(19)20;1-7(10)9(2)3-4-11-5-6-12-8/h13-14,24H,5-12H2,1-4H3;12-13,16H,4-11H2,1-3H3;1-4,7,9H,5-6H2,(H,17,18);10H,3-6,8H2,1-2H3/t13-,14-;12-,13-;7-,9-;/m000./s1. The number of sulfonamides is 1. The molecule has 0 bridgehead atoms. The molecule has 2 amide bonds. The molecule has 0 aromatic heterocycles. The number of nitro benzene ring substituents is 1. The number of ether oxygens (including phenoxy) is 5. The van der Waals surface area contributed by atoms with Crippen LogP contribution in [0.3, 0.4) is 0 Å². The van der Waals surface area contributed by atoms with Gasteiger partial charge in [0.25, 0.3) is 15.7 Å². The number of rotatable bonds is 35. The summed E-state index contributed by atoms with van der Waals surface area (Å²) in [6.45, 7) is 13.1. The minimum atomic E-state index is -4.43. The van der Waals surface area contributed by atoms with Crippen LogP contribution >= 0.6 is 0 Å². The van der Waals surface area contributed by atoms with Crippen LogP contribution in [0.15, 0.2) is 44.5 Å². The largest absolute Gasteiger partial charge is 0.480 e. The van der Waals surface area contributed by atoms with Gasteiger partial charge in [-0.2, -0.15) is 4.31 Å². The van der Waals surface area contributed by atoms with Crippen LogP contribution in [0, 0.1) is 10.1 Å². The lowest BCUT2D eigenvalue weighted by atomic mass is 9.86. The molecule has 3 heterocycles. The number of azide groups is 3. The van der Waals surface area contributed by atoms with E-state index in [0.717, 1.165) is 18.7 Å². The summed E-state index contributed by atoms with van der Waals surface area (Å²) in [5.74, 6) is 3.43. The van der Waals surface area contributed by atoms with Gasteiger partial charge < -0.3 is 68.4 Å². The molecule has 0 radical (unpaired) electrons. The van der Waals surface area contributed by atoms with Crippen LogP contribution in [0.2, 0.25) is 13.6 Å². The number of nitrogens with one attached hydrogen (secondary N) is 1. The van der Waals surface area contributed by atoms with Crippen molar-refractivity contribution in [2.45, 2.75) is 74.1 Å². The molecule has 3 saturated heterocycles. The topological polar surface area (TPSA) is 452 Å². The van der Waals surface area contributed by atoms with Gasteiger partial charge in [0.15, 0.2) is 4.90 Å². The van der Waals surface area contributed by atoms with E-state index in [4.69, 9.17) is 51.2 Å². The van der Waals surface area contributed by atoms with Gasteiger partial charge in [-0.3, -0.25) is 34.3 Å². The molecule has 474 valence electrons. The van der Waals surface area contributed by atoms with E-state index in [1.807, 2.05) is 45.0 Å². The number of carbonyl (C=O) groups excluding carboxylic acids is 2. The number of likely N-dealkylation sites (N-methyl/N-ethyl adjacent to an activating group) is 7. The first-order valence-corrected chi connectivity index (χ1v) is 28.5. The number of nitrogens with zero attached hydrogens (tertiary/aromatic N) is 17. The van der Waals surface area contributed by atoms with Crippen LogP contribution in [0.5, 0.6) is 0 Å². The predicted octanol–water partition coefficient (Wildman–Crippen LogP) is 0.0402. The Labute approximate surface area is 491 Å². The number of nitrogens with two attached hydrogens (primary N) is 1. The van der Waals surface area contributed by atoms with Crippen molar-refractivity contribution < 1.29 is 71.4 Å². The number of nitro groups is 1. The van der Waals surface area contributed by atoms with Gasteiger partial charge >= 0.3 is 20.1 Å². The van der Waals surface area contributed by atoms with Crippen molar-refractivity contribution in [1.82, 2.24) is 38.8 Å². The Bertz CT molecular complexity index is 2370. The van der Waals surface area contributed by atoms with Crippen LogP contribution in [0.25, 0.3) is 31.3 Å². The quantitative estimate of drug-likeness (QED) is 0.0114. The van der Waals surface area contributed by atoms with E-state index in [1.54, 1.807) is 47.2 Å². The third kappa shape index (κ3) is 29.0. The molecule has 3 fully saturated rings. The van der Waals surface area contributed by atoms with Crippen LogP contribution < -0.4 is 11.2 Å². The number of hydrogen-bond acceptors (Lipinski definition) is 24. The Balaban J connectivity index is 0.000000576. The summed E-state index contributed by atoms with van der Waals surface area (Å²) < 4.78 is 52.8. The van der Waals surface area contributed by atoms with Crippen LogP contribution in [-0.2, 0) is 52.9 Å². The van der Waals surface area contributed by atoms with E-state index in [1.165, 1.54) is 12.1 Å². The van der Waals surface area contributed by atoms with Crippen LogP contribution in [0.4, 0.5) is 5.69 Å². The molecule has 84 heavy (non-hydrogen) atoms. The predicted molar refractivity (Wildman–Crippen MR) is 310 cm³/mol. The molecule has 3 aliphatic heterocycles. The molecule has 35 nitrogen and oxygen atoms in total. The van der Waals surface area contributed by atoms with E-state index in [9.17, 15) is 43.0 Å². The van der Waals surface area contributed by atoms with Gasteiger partial charge in [0.1, 0.15) is 6.04 Å². The maximum atomic E-state index is 12.6. The first kappa shape index (κ1) is 76.5. The van der Waals surface area contributed by atoms with Gasteiger partial charge in [0.05, 0.1) is 108 Å². The van der Waals surface area contributed by atoms with E-state index in [0.29, 0.717) is 129 Å². The number of para-hydroxylation sites is 1. The van der Waals surface area contributed by atoms with Gasteiger partial charge in [-0.25, -0.2) is 14.3 Å². The molecule has 0 spiro atoms. The normalized spacial score (nSPS) is 19.5. The van der Waals surface area contributed by atoms with Gasteiger partial charge in [-0.05, 0) is 90.8 Å². The average molecular weight is 1220 g/mol. The van der Waals surface area contributed by atoms with Crippen molar-refractivity contribution in [3.8, 4) is 0 Å². The van der Waals surface area contributed by atoms with Gasteiger partial charge in [0.2, 0.25) is 11.8 Å². The first-order chi connectivity index (χ1) is 39.9. The fourth-order valence-electron chi connectivity index (χ4n) is 8.17. The lowest BCUT2D eigenvalue weighted by Gasteiger charge is -2.25. The molecular weight excluding hydrogens is 1130 g/mol. The molecule has 0 saturated carbocycles. The molecule has 0 unspecified atom stereocenters. The number of benzene rings is 1. The number of amides is 2. The fourth-order valence-corrected chi connectivity index (χ4v) is 9.96. The Morgan fingerprint density at radius 1 is 0.690 bits per heavy atom. The highest BCUT2D eigenvalue weighted by molar-refractivity contribution is 7.89. The third-order valence-corrected chi connectivity index (χ3v) is 15.3. The highest BCUT2D eigenvalue weighted by Crippen LogP contribution is 2.32. The van der Waals surface area contributed by atoms with Gasteiger partial charge in [-0.15, -0.1) is 0 Å². The van der Waals surface area contributed by atoms with Crippen molar-refractivity contribution >= 4 is 47.6 Å². The number of carbonyl (C=O) groups is 3. The molecule has 3 aliphatic rings. The van der Waals surface area contributed by atoms with Crippen molar-refractivity contribution in [3.05, 3.63) is 65.7 Å². The zero-order valence-electron chi connectivity index (χ0n) is 49.7. The van der Waals surface area contributed by atoms with Crippen molar-refractivity contribution in [1.29, 1.82) is 0 Å². The highest BCUT2D eigenvalue weighted by Gasteiger charge is 2.46. The molecule has 4 rings (SSSR count). The highest BCUT2D eigenvalue weighted by atomic mass is 32.2. The molecule has 38 heteroatoms. The number of hydrogen-bond donors (Lipinski definition) is 5. The molecule has 0 aliphatic carbocycles. The Morgan fingerprint density at radius 2 is 1.07 bits per heavy atom. The first-order valence-electron chi connectivity index (χ1n) is 27.1. The summed E-state index contributed by atoms with van der Waals surface area (Å²) in [5.41, 5.74) is 24.8. The Kier molecular flexibility index (Phi) is 39.2. The number of carboxylic acid groups (broad SMARTS) is 1. The molecule has 1 aromatic carbocycles. The maximum Gasteiger partial charge on any atom is 0.376 e. The SMILES string of the molecule is CB(O)N(C)CCOCCOCCN(C)C(=O)[C@@H]1C[C@H](N=[N+]=[N-])CN1C.CB(O)N(C)CCOCCON.CNCCOCCOCCN(C)C(=O)[C@@H]1C[C@H](N=[N+]=[N-])CN1C.[N-]=[N+]=N[C@H]1C[C@@H](C(=O)O)N(S(=O)(=O)c2ccccc2[N+](=O)[O-])C1. The van der Waals surface area contributed by atoms with Gasteiger partial charge in [0, 0.05) is 87.3 Å². The van der Waals surface area contributed by atoms with Crippen molar-refractivity contribution in [2.24, 2.45) is 21.2 Å². The minimum absolute atomic E-state index is 0.0177. The van der Waals surface area contributed by atoms with Crippen LogP contribution in [0.1, 0.15) is 19.3 Å². The van der Waals surface area contributed by atoms with Gasteiger partial charge in [-0.1, -0.05) is 27.5 Å². The summed E-state index contributed by atoms with van der Waals surface area (Å²) in [6.07, 6.45) is 0.933. The Hall–Kier alpha value is -5.56. The molecule has 6 N–H and O–H groups in total. The van der Waals surface area contributed by atoms with E-state index in [-0.39, 0.29) is 48.9 Å². The van der Waals surface area contributed by atoms with Crippen molar-refractivity contribution in [2.75, 3.05) is 174 Å². The van der Waals surface area contributed by atoms with Crippen molar-refractivity contribution in [3.63, 3.8) is 0 Å². The van der Waals surface area contributed by atoms with Crippen LogP contribution in [-0.4, -0.2) is 305 Å². The minimum Gasteiger partial charge on any atom is -0.480 e. The second-order valence-corrected chi connectivity index (χ2v) is 21.5. The fraction of sp³-hybridized carbons (Fsp3) is 0.804. The zero-order chi connectivity index (χ0) is 63.2. The van der Waals surface area contributed by atoms with E-state index in [2.05, 4.69) is 40.2 Å². The Morgan fingerprint density at radius 3 is 1.45 bits per heavy atom. The average Bonchev–Trinajstić information content (AvgIpc) is 3.93. The lowest BCUT2D eigenvalue weighted by Crippen LogP contribution is -2.43. The maximum absolute atomic E-state index is 12.6. The number of carboxylic acids is 1. The molecule has 6 atom stereocenters. The monoisotopic (exact) mass is 1220 g/mol. The summed E-state index contributed by atoms with van der Waals surface area (Å²) in [6, 6.07) is 1.62. The summed E-state index contributed by atoms with van der Waals surface area (Å²) in [5, 5.41) is 52.3. The molecular formula is C46H87B2N19O16S. The number of likely N-dealkylation sites (tertiary alicyclic amines) is 2.